The zero-order valence-electron chi connectivity index (χ0n) is 14.0. The average Bonchev–Trinajstić information content (AvgIpc) is 3.04. The Morgan fingerprint density at radius 3 is 2.69 bits per heavy atom. The number of ether oxygens (including phenoxy) is 1. The van der Waals surface area contributed by atoms with Gasteiger partial charge in [-0.3, -0.25) is 14.0 Å². The van der Waals surface area contributed by atoms with Crippen LogP contribution in [-0.2, 0) is 4.74 Å². The highest BCUT2D eigenvalue weighted by Gasteiger charge is 2.21. The molecule has 0 atom stereocenters. The van der Waals surface area contributed by atoms with Crippen molar-refractivity contribution < 1.29 is 18.7 Å². The lowest BCUT2D eigenvalue weighted by Gasteiger charge is -2.04. The highest BCUT2D eigenvalue weighted by Crippen LogP contribution is 2.17. The van der Waals surface area contributed by atoms with E-state index in [9.17, 15) is 14.0 Å². The molecule has 1 aromatic carbocycles. The van der Waals surface area contributed by atoms with Gasteiger partial charge in [0, 0.05) is 19.9 Å². The first-order chi connectivity index (χ1) is 12.6. The number of anilines is 1. The summed E-state index contributed by atoms with van der Waals surface area (Å²) in [6.45, 7) is 0.670. The molecule has 3 aromatic rings. The molecule has 134 valence electrons. The second-order valence-electron chi connectivity index (χ2n) is 5.42. The second kappa shape index (κ2) is 7.75. The Morgan fingerprint density at radius 2 is 1.92 bits per heavy atom. The molecule has 0 aliphatic rings. The molecular formula is C18H17FN4O3. The van der Waals surface area contributed by atoms with Gasteiger partial charge in [-0.15, -0.1) is 0 Å². The van der Waals surface area contributed by atoms with Gasteiger partial charge < -0.3 is 15.4 Å². The molecule has 0 spiro atoms. The van der Waals surface area contributed by atoms with E-state index in [0.717, 1.165) is 0 Å². The number of benzene rings is 1. The van der Waals surface area contributed by atoms with Crippen molar-refractivity contribution in [3.05, 3.63) is 66.0 Å². The van der Waals surface area contributed by atoms with Crippen LogP contribution >= 0.6 is 0 Å². The highest BCUT2D eigenvalue weighted by molar-refractivity contribution is 6.09. The van der Waals surface area contributed by atoms with Gasteiger partial charge >= 0.3 is 0 Å². The number of rotatable bonds is 6. The molecule has 2 N–H and O–H groups in total. The molecule has 0 aliphatic heterocycles. The number of para-hydroxylation sites is 1. The molecule has 0 radical (unpaired) electrons. The van der Waals surface area contributed by atoms with E-state index in [0.29, 0.717) is 18.7 Å². The van der Waals surface area contributed by atoms with E-state index in [1.807, 2.05) is 0 Å². The fourth-order valence-corrected chi connectivity index (χ4v) is 2.45. The number of aromatic nitrogens is 2. The first kappa shape index (κ1) is 17.6. The first-order valence-corrected chi connectivity index (χ1v) is 7.92. The maximum Gasteiger partial charge on any atom is 0.287 e. The van der Waals surface area contributed by atoms with Crippen LogP contribution in [0.2, 0.25) is 0 Å². The largest absolute Gasteiger partial charge is 0.383 e. The Morgan fingerprint density at radius 1 is 1.15 bits per heavy atom. The van der Waals surface area contributed by atoms with Crippen LogP contribution in [0, 0.1) is 5.82 Å². The van der Waals surface area contributed by atoms with Crippen LogP contribution in [0.25, 0.3) is 5.52 Å². The maximum absolute atomic E-state index is 13.8. The number of nitrogens with zero attached hydrogens (tertiary/aromatic N) is 2. The molecule has 2 aromatic heterocycles. The first-order valence-electron chi connectivity index (χ1n) is 7.92. The van der Waals surface area contributed by atoms with Gasteiger partial charge in [0.2, 0.25) is 5.82 Å². The summed E-state index contributed by atoms with van der Waals surface area (Å²) in [6, 6.07) is 10.9. The number of fused-ring (bicyclic) bond motifs is 1. The van der Waals surface area contributed by atoms with Gasteiger partial charge in [-0.05, 0) is 24.3 Å². The number of hydrogen-bond donors (Lipinski definition) is 2. The lowest BCUT2D eigenvalue weighted by molar-refractivity contribution is 0.0926. The molecule has 3 rings (SSSR count). The van der Waals surface area contributed by atoms with Crippen molar-refractivity contribution in [1.29, 1.82) is 0 Å². The van der Waals surface area contributed by atoms with E-state index in [4.69, 9.17) is 4.74 Å². The number of methoxy groups -OCH3 is 1. The molecule has 0 saturated heterocycles. The predicted octanol–water partition coefficient (Wildman–Crippen LogP) is 2.10. The van der Waals surface area contributed by atoms with Gasteiger partial charge in [-0.2, -0.15) is 0 Å². The van der Waals surface area contributed by atoms with Crippen molar-refractivity contribution in [3.63, 3.8) is 0 Å². The summed E-state index contributed by atoms with van der Waals surface area (Å²) in [6.07, 6.45) is 1.63. The fraction of sp³-hybridized carbons (Fsp3) is 0.167. The number of carbonyl (C=O) groups is 2. The monoisotopic (exact) mass is 356 g/mol. The normalized spacial score (nSPS) is 10.7. The Hall–Kier alpha value is -3.26. The van der Waals surface area contributed by atoms with Gasteiger partial charge in [0.25, 0.3) is 11.8 Å². The molecule has 2 amide bonds. The van der Waals surface area contributed by atoms with Crippen LogP contribution in [-0.4, -0.2) is 41.5 Å². The lowest BCUT2D eigenvalue weighted by Crippen LogP contribution is -2.28. The summed E-state index contributed by atoms with van der Waals surface area (Å²) in [5.41, 5.74) is 0.518. The molecule has 0 bridgehead atoms. The SMILES string of the molecule is COCCNC(=O)c1nc(C(=O)Nc2ccccc2F)c2ccccn12. The second-order valence-corrected chi connectivity index (χ2v) is 5.42. The fourth-order valence-electron chi connectivity index (χ4n) is 2.45. The zero-order chi connectivity index (χ0) is 18.5. The summed E-state index contributed by atoms with van der Waals surface area (Å²) in [4.78, 5) is 29.1. The van der Waals surface area contributed by atoms with Crippen molar-refractivity contribution in [2.24, 2.45) is 0 Å². The molecule has 0 aliphatic carbocycles. The van der Waals surface area contributed by atoms with Crippen molar-refractivity contribution >= 4 is 23.0 Å². The Balaban J connectivity index is 1.92. The molecule has 26 heavy (non-hydrogen) atoms. The molecule has 7 nitrogen and oxygen atoms in total. The smallest absolute Gasteiger partial charge is 0.287 e. The third-order valence-corrected chi connectivity index (χ3v) is 3.68. The Kier molecular flexibility index (Phi) is 5.23. The minimum Gasteiger partial charge on any atom is -0.383 e. The van der Waals surface area contributed by atoms with Gasteiger partial charge in [0.15, 0.2) is 5.69 Å². The Bertz CT molecular complexity index is 955. The summed E-state index contributed by atoms with van der Waals surface area (Å²) in [5, 5.41) is 5.15. The number of hydrogen-bond acceptors (Lipinski definition) is 4. The standard InChI is InChI=1S/C18H17FN4O3/c1-26-11-9-20-18(25)16-22-15(14-8-4-5-10-23(14)16)17(24)21-13-7-3-2-6-12(13)19/h2-8,10H,9,11H2,1H3,(H,20,25)(H,21,24). The van der Waals surface area contributed by atoms with Crippen molar-refractivity contribution in [2.75, 3.05) is 25.6 Å². The third-order valence-electron chi connectivity index (χ3n) is 3.68. The molecule has 0 fully saturated rings. The molecule has 8 heteroatoms. The summed E-state index contributed by atoms with van der Waals surface area (Å²) in [7, 11) is 1.53. The third kappa shape index (κ3) is 3.55. The van der Waals surface area contributed by atoms with Gasteiger partial charge in [-0.1, -0.05) is 18.2 Å². The summed E-state index contributed by atoms with van der Waals surface area (Å²) < 4.78 is 20.2. The van der Waals surface area contributed by atoms with Crippen LogP contribution in [0.1, 0.15) is 21.1 Å². The number of amides is 2. The minimum absolute atomic E-state index is 0.0331. The number of pyridine rings is 1. The number of imidazole rings is 1. The summed E-state index contributed by atoms with van der Waals surface area (Å²) >= 11 is 0. The lowest BCUT2D eigenvalue weighted by atomic mass is 10.2. The highest BCUT2D eigenvalue weighted by atomic mass is 19.1. The van der Waals surface area contributed by atoms with Crippen molar-refractivity contribution in [1.82, 2.24) is 14.7 Å². The van der Waals surface area contributed by atoms with E-state index in [1.54, 1.807) is 30.5 Å². The van der Waals surface area contributed by atoms with Crippen LogP contribution < -0.4 is 10.6 Å². The number of nitrogens with one attached hydrogen (secondary N) is 2. The van der Waals surface area contributed by atoms with E-state index >= 15 is 0 Å². The minimum atomic E-state index is -0.602. The Labute approximate surface area is 148 Å². The van der Waals surface area contributed by atoms with Crippen LogP contribution in [0.5, 0.6) is 0 Å². The summed E-state index contributed by atoms with van der Waals surface area (Å²) in [5.74, 6) is -1.53. The topological polar surface area (TPSA) is 84.7 Å². The molecule has 0 saturated carbocycles. The van der Waals surface area contributed by atoms with Gasteiger partial charge in [0.1, 0.15) is 5.82 Å². The van der Waals surface area contributed by atoms with E-state index in [1.165, 1.54) is 29.7 Å². The van der Waals surface area contributed by atoms with E-state index in [-0.39, 0.29) is 17.2 Å². The van der Waals surface area contributed by atoms with E-state index in [2.05, 4.69) is 15.6 Å². The zero-order valence-corrected chi connectivity index (χ0v) is 14.0. The van der Waals surface area contributed by atoms with E-state index < -0.39 is 17.6 Å². The quantitative estimate of drug-likeness (QED) is 0.663. The van der Waals surface area contributed by atoms with Crippen LogP contribution in [0.4, 0.5) is 10.1 Å². The van der Waals surface area contributed by atoms with Crippen LogP contribution in [0.15, 0.2) is 48.7 Å². The van der Waals surface area contributed by atoms with Crippen molar-refractivity contribution in [3.8, 4) is 0 Å². The molecule has 2 heterocycles. The predicted molar refractivity (Wildman–Crippen MR) is 93.8 cm³/mol. The van der Waals surface area contributed by atoms with Gasteiger partial charge in [-0.25, -0.2) is 9.37 Å². The van der Waals surface area contributed by atoms with Crippen LogP contribution in [0.3, 0.4) is 0 Å². The van der Waals surface area contributed by atoms with Crippen molar-refractivity contribution in [2.45, 2.75) is 0 Å². The average molecular weight is 356 g/mol. The maximum atomic E-state index is 13.8. The molecule has 0 unspecified atom stereocenters. The number of carbonyl (C=O) groups excluding carboxylic acids is 2. The molecular weight excluding hydrogens is 339 g/mol. The van der Waals surface area contributed by atoms with Gasteiger partial charge in [0.05, 0.1) is 17.8 Å². The number of halogens is 1.